The fourth-order valence-electron chi connectivity index (χ4n) is 0.939. The van der Waals surface area contributed by atoms with Crippen LogP contribution in [0.25, 0.3) is 0 Å². The van der Waals surface area contributed by atoms with Crippen LogP contribution in [0.15, 0.2) is 6.07 Å². The van der Waals surface area contributed by atoms with Crippen molar-refractivity contribution < 1.29 is 22.9 Å². The predicted octanol–water partition coefficient (Wildman–Crippen LogP) is 1.17. The lowest BCUT2D eigenvalue weighted by Gasteiger charge is -2.03. The zero-order valence-electron chi connectivity index (χ0n) is 7.49. The third kappa shape index (κ3) is 2.07. The molecule has 2 N–H and O–H groups in total. The molecule has 0 unspecified atom stereocenters. The van der Waals surface area contributed by atoms with E-state index >= 15 is 0 Å². The summed E-state index contributed by atoms with van der Waals surface area (Å²) in [4.78, 5) is 22.6. The highest BCUT2D eigenvalue weighted by molar-refractivity contribution is 5.91. The second kappa shape index (κ2) is 4.13. The van der Waals surface area contributed by atoms with Crippen LogP contribution < -0.4 is 5.73 Å². The van der Waals surface area contributed by atoms with Gasteiger partial charge in [0.15, 0.2) is 0 Å². The van der Waals surface area contributed by atoms with Crippen LogP contribution in [0.4, 0.5) is 18.9 Å². The van der Waals surface area contributed by atoms with Gasteiger partial charge in [-0.15, -0.1) is 0 Å². The Morgan fingerprint density at radius 2 is 2.12 bits per heavy atom. The molecule has 0 aliphatic rings. The van der Waals surface area contributed by atoms with Crippen molar-refractivity contribution in [3.05, 3.63) is 33.4 Å². The maximum absolute atomic E-state index is 13.1. The monoisotopic (exact) mass is 235 g/mol. The van der Waals surface area contributed by atoms with Crippen LogP contribution in [-0.2, 0) is 0 Å². The summed E-state index contributed by atoms with van der Waals surface area (Å²) >= 11 is 0. The minimum absolute atomic E-state index is 0.406. The molecule has 0 aliphatic heterocycles. The molecule has 1 rings (SSSR count). The van der Waals surface area contributed by atoms with E-state index in [2.05, 4.69) is 4.98 Å². The third-order valence-electron chi connectivity index (χ3n) is 1.62. The lowest BCUT2D eigenvalue weighted by Crippen LogP contribution is -2.16. The molecular formula is C7H4F3N3O3. The van der Waals surface area contributed by atoms with E-state index in [9.17, 15) is 28.1 Å². The minimum Gasteiger partial charge on any atom is -0.364 e. The SMILES string of the molecule is NC(=O)c1cc([N+](=O)[O-])c(F)c(C(F)F)n1. The first-order chi connectivity index (χ1) is 7.34. The summed E-state index contributed by atoms with van der Waals surface area (Å²) in [6, 6.07) is 0.406. The Labute approximate surface area is 86.0 Å². The van der Waals surface area contributed by atoms with Gasteiger partial charge in [0, 0.05) is 0 Å². The molecule has 16 heavy (non-hydrogen) atoms. The van der Waals surface area contributed by atoms with Gasteiger partial charge < -0.3 is 5.73 Å². The number of carbonyl (C=O) groups excluding carboxylic acids is 1. The highest BCUT2D eigenvalue weighted by Gasteiger charge is 2.27. The quantitative estimate of drug-likeness (QED) is 0.627. The Balaban J connectivity index is 3.51. The van der Waals surface area contributed by atoms with Crippen molar-refractivity contribution in [3.63, 3.8) is 0 Å². The number of nitrogens with zero attached hydrogens (tertiary/aromatic N) is 2. The second-order valence-electron chi connectivity index (χ2n) is 2.65. The van der Waals surface area contributed by atoms with Crippen molar-refractivity contribution in [2.24, 2.45) is 5.73 Å². The summed E-state index contributed by atoms with van der Waals surface area (Å²) in [6.45, 7) is 0. The Morgan fingerprint density at radius 3 is 2.50 bits per heavy atom. The first-order valence-corrected chi connectivity index (χ1v) is 3.77. The number of pyridine rings is 1. The molecule has 0 aromatic carbocycles. The Morgan fingerprint density at radius 1 is 1.56 bits per heavy atom. The van der Waals surface area contributed by atoms with Crippen LogP contribution in [0.5, 0.6) is 0 Å². The van der Waals surface area contributed by atoms with Crippen LogP contribution in [0.3, 0.4) is 0 Å². The zero-order chi connectivity index (χ0) is 12.5. The van der Waals surface area contributed by atoms with Crippen molar-refractivity contribution in [1.82, 2.24) is 4.98 Å². The minimum atomic E-state index is -3.38. The summed E-state index contributed by atoms with van der Waals surface area (Å²) < 4.78 is 37.6. The van der Waals surface area contributed by atoms with Crippen LogP contribution in [0, 0.1) is 15.9 Å². The number of amides is 1. The largest absolute Gasteiger partial charge is 0.364 e. The molecule has 1 aromatic rings. The predicted molar refractivity (Wildman–Crippen MR) is 44.3 cm³/mol. The number of rotatable bonds is 3. The fourth-order valence-corrected chi connectivity index (χ4v) is 0.939. The van der Waals surface area contributed by atoms with Crippen LogP contribution in [-0.4, -0.2) is 15.8 Å². The van der Waals surface area contributed by atoms with E-state index < -0.39 is 40.1 Å². The Hall–Kier alpha value is -2.19. The van der Waals surface area contributed by atoms with Crippen molar-refractivity contribution in [2.45, 2.75) is 6.43 Å². The van der Waals surface area contributed by atoms with E-state index in [1.807, 2.05) is 0 Å². The summed E-state index contributed by atoms with van der Waals surface area (Å²) in [6.07, 6.45) is -3.38. The van der Waals surface area contributed by atoms with E-state index in [0.29, 0.717) is 6.07 Å². The van der Waals surface area contributed by atoms with Gasteiger partial charge in [0.25, 0.3) is 12.3 Å². The van der Waals surface area contributed by atoms with Crippen LogP contribution in [0.1, 0.15) is 22.6 Å². The van der Waals surface area contributed by atoms with E-state index in [4.69, 9.17) is 5.73 Å². The molecule has 0 fully saturated rings. The van der Waals surface area contributed by atoms with Gasteiger partial charge >= 0.3 is 5.69 Å². The Bertz CT molecular complexity index is 464. The highest BCUT2D eigenvalue weighted by Crippen LogP contribution is 2.27. The number of nitrogens with two attached hydrogens (primary N) is 1. The van der Waals surface area contributed by atoms with Crippen LogP contribution >= 0.6 is 0 Å². The molecule has 6 nitrogen and oxygen atoms in total. The second-order valence-corrected chi connectivity index (χ2v) is 2.65. The van der Waals surface area contributed by atoms with E-state index in [1.165, 1.54) is 0 Å². The number of halogens is 3. The first kappa shape index (κ1) is 11.9. The van der Waals surface area contributed by atoms with Gasteiger partial charge in [-0.05, 0) is 0 Å². The lowest BCUT2D eigenvalue weighted by atomic mass is 10.2. The molecule has 0 spiro atoms. The van der Waals surface area contributed by atoms with E-state index in [0.717, 1.165) is 0 Å². The number of alkyl halides is 2. The average Bonchev–Trinajstić information content (AvgIpc) is 2.16. The van der Waals surface area contributed by atoms with Crippen molar-refractivity contribution in [1.29, 1.82) is 0 Å². The van der Waals surface area contributed by atoms with Crippen molar-refractivity contribution in [2.75, 3.05) is 0 Å². The van der Waals surface area contributed by atoms with Crippen LogP contribution in [0.2, 0.25) is 0 Å². The van der Waals surface area contributed by atoms with Gasteiger partial charge in [-0.25, -0.2) is 13.8 Å². The van der Waals surface area contributed by atoms with E-state index in [-0.39, 0.29) is 0 Å². The number of carbonyl (C=O) groups is 1. The van der Waals surface area contributed by atoms with E-state index in [1.54, 1.807) is 0 Å². The van der Waals surface area contributed by atoms with Gasteiger partial charge in [0.05, 0.1) is 11.0 Å². The standard InChI is InChI=1S/C7H4F3N3O3/c8-4-3(13(15)16)1-2(7(11)14)12-5(4)6(9)10/h1,6H,(H2,11,14). The Kier molecular flexibility index (Phi) is 3.06. The maximum atomic E-state index is 13.1. The zero-order valence-corrected chi connectivity index (χ0v) is 7.49. The number of primary amides is 1. The summed E-state index contributed by atoms with van der Waals surface area (Å²) in [5, 5.41) is 10.3. The molecule has 0 bridgehead atoms. The summed E-state index contributed by atoms with van der Waals surface area (Å²) in [5.41, 5.74) is 1.19. The molecule has 86 valence electrons. The average molecular weight is 235 g/mol. The highest BCUT2D eigenvalue weighted by atomic mass is 19.3. The molecule has 0 aliphatic carbocycles. The molecule has 1 amide bonds. The normalized spacial score (nSPS) is 10.5. The van der Waals surface area contributed by atoms with Gasteiger partial charge in [-0.3, -0.25) is 14.9 Å². The number of hydrogen-bond acceptors (Lipinski definition) is 4. The van der Waals surface area contributed by atoms with Crippen molar-refractivity contribution in [3.8, 4) is 0 Å². The van der Waals surface area contributed by atoms with Crippen molar-refractivity contribution >= 4 is 11.6 Å². The molecule has 0 radical (unpaired) electrons. The van der Waals surface area contributed by atoms with Gasteiger partial charge in [0.1, 0.15) is 11.4 Å². The van der Waals surface area contributed by atoms with Gasteiger partial charge in [0.2, 0.25) is 5.82 Å². The fraction of sp³-hybridized carbons (Fsp3) is 0.143. The molecule has 9 heteroatoms. The first-order valence-electron chi connectivity index (χ1n) is 3.77. The number of aromatic nitrogens is 1. The molecule has 0 saturated heterocycles. The maximum Gasteiger partial charge on any atom is 0.309 e. The smallest absolute Gasteiger partial charge is 0.309 e. The lowest BCUT2D eigenvalue weighted by molar-refractivity contribution is -0.387. The molecule has 1 aromatic heterocycles. The molecule has 0 saturated carbocycles. The molecule has 1 heterocycles. The third-order valence-corrected chi connectivity index (χ3v) is 1.62. The topological polar surface area (TPSA) is 99.1 Å². The van der Waals surface area contributed by atoms with Gasteiger partial charge in [-0.2, -0.15) is 4.39 Å². The summed E-state index contributed by atoms with van der Waals surface area (Å²) in [5.74, 6) is -3.03. The number of hydrogen-bond donors (Lipinski definition) is 1. The molecular weight excluding hydrogens is 231 g/mol. The van der Waals surface area contributed by atoms with Gasteiger partial charge in [-0.1, -0.05) is 0 Å². The number of nitro groups is 1. The molecule has 0 atom stereocenters. The summed E-state index contributed by atoms with van der Waals surface area (Å²) in [7, 11) is 0.